The molecule has 5 heteroatoms. The molecule has 4 N–H and O–H groups in total. The van der Waals surface area contributed by atoms with Crippen LogP contribution in [0.2, 0.25) is 0 Å². The molecule has 0 aromatic heterocycles. The van der Waals surface area contributed by atoms with Gasteiger partial charge in [0.1, 0.15) is 11.4 Å². The van der Waals surface area contributed by atoms with Crippen LogP contribution in [0.25, 0.3) is 0 Å². The van der Waals surface area contributed by atoms with Crippen molar-refractivity contribution in [1.29, 1.82) is 0 Å². The molecule has 0 amide bonds. The average Bonchev–Trinajstić information content (AvgIpc) is 2.29. The number of rotatable bonds is 2. The van der Waals surface area contributed by atoms with Gasteiger partial charge in [0.05, 0.1) is 5.69 Å². The summed E-state index contributed by atoms with van der Waals surface area (Å²) < 4.78 is 0. The Morgan fingerprint density at radius 1 is 1.56 bits per heavy atom. The van der Waals surface area contributed by atoms with E-state index >= 15 is 0 Å². The normalized spacial score (nSPS) is 23.5. The van der Waals surface area contributed by atoms with Gasteiger partial charge >= 0.3 is 5.97 Å². The number of fused-ring (bicyclic) bond motifs is 1. The molecule has 0 radical (unpaired) electrons. The fourth-order valence-corrected chi connectivity index (χ4v) is 1.84. The van der Waals surface area contributed by atoms with Crippen LogP contribution in [0.4, 0.5) is 5.69 Å². The van der Waals surface area contributed by atoms with Gasteiger partial charge in [0.2, 0.25) is 0 Å². The minimum absolute atomic E-state index is 0.0792. The van der Waals surface area contributed by atoms with Crippen molar-refractivity contribution in [1.82, 2.24) is 5.32 Å². The first kappa shape index (κ1) is 10.8. The summed E-state index contributed by atoms with van der Waals surface area (Å²) in [5.74, 6) is -1.03. The van der Waals surface area contributed by atoms with Crippen LogP contribution < -0.4 is 11.1 Å². The van der Waals surface area contributed by atoms with Gasteiger partial charge in [-0.25, -0.2) is 9.79 Å². The molecule has 1 heterocycles. The molecule has 0 spiro atoms. The number of nitrogens with two attached hydrogens (primary N) is 1. The zero-order valence-corrected chi connectivity index (χ0v) is 8.90. The summed E-state index contributed by atoms with van der Waals surface area (Å²) in [6, 6.07) is 7.28. The summed E-state index contributed by atoms with van der Waals surface area (Å²) in [5, 5.41) is 11.9. The first-order valence-corrected chi connectivity index (χ1v) is 4.95. The van der Waals surface area contributed by atoms with Gasteiger partial charge in [0.25, 0.3) is 0 Å². The molecule has 2 rings (SSSR count). The third-order valence-electron chi connectivity index (χ3n) is 2.78. The van der Waals surface area contributed by atoms with Gasteiger partial charge in [-0.05, 0) is 13.1 Å². The SMILES string of the molecule is CNC1(N)CC(C(=O)O)=Nc2ccccc21. The second-order valence-electron chi connectivity index (χ2n) is 3.78. The lowest BCUT2D eigenvalue weighted by Crippen LogP contribution is -2.52. The van der Waals surface area contributed by atoms with Gasteiger partial charge in [-0.15, -0.1) is 0 Å². The highest BCUT2D eigenvalue weighted by atomic mass is 16.4. The Hall–Kier alpha value is -1.72. The molecule has 1 aromatic carbocycles. The van der Waals surface area contributed by atoms with Crippen molar-refractivity contribution in [3.63, 3.8) is 0 Å². The van der Waals surface area contributed by atoms with Gasteiger partial charge in [0, 0.05) is 12.0 Å². The molecule has 1 atom stereocenters. The Bertz CT molecular complexity index is 470. The van der Waals surface area contributed by atoms with Crippen molar-refractivity contribution in [2.24, 2.45) is 10.7 Å². The van der Waals surface area contributed by atoms with Crippen LogP contribution in [0.5, 0.6) is 0 Å². The average molecular weight is 219 g/mol. The van der Waals surface area contributed by atoms with E-state index in [2.05, 4.69) is 10.3 Å². The van der Waals surface area contributed by atoms with Crippen molar-refractivity contribution in [3.8, 4) is 0 Å². The fraction of sp³-hybridized carbons (Fsp3) is 0.273. The van der Waals surface area contributed by atoms with Crippen LogP contribution in [-0.4, -0.2) is 23.8 Å². The molecule has 84 valence electrons. The van der Waals surface area contributed by atoms with Crippen LogP contribution >= 0.6 is 0 Å². The predicted octanol–water partition coefficient (Wildman–Crippen LogP) is 0.578. The van der Waals surface area contributed by atoms with E-state index in [0.29, 0.717) is 5.69 Å². The molecule has 1 unspecified atom stereocenters. The fourth-order valence-electron chi connectivity index (χ4n) is 1.84. The van der Waals surface area contributed by atoms with E-state index in [4.69, 9.17) is 10.8 Å². The molecule has 0 fully saturated rings. The summed E-state index contributed by atoms with van der Waals surface area (Å²) in [7, 11) is 1.71. The van der Waals surface area contributed by atoms with E-state index in [1.165, 1.54) is 0 Å². The Morgan fingerprint density at radius 3 is 2.88 bits per heavy atom. The van der Waals surface area contributed by atoms with Gasteiger partial charge in [-0.1, -0.05) is 18.2 Å². The van der Waals surface area contributed by atoms with E-state index in [1.807, 2.05) is 18.2 Å². The van der Waals surface area contributed by atoms with E-state index in [0.717, 1.165) is 5.56 Å². The third-order valence-corrected chi connectivity index (χ3v) is 2.78. The van der Waals surface area contributed by atoms with Gasteiger partial charge in [-0.3, -0.25) is 5.32 Å². The molecule has 0 saturated carbocycles. The molecular formula is C11H13N3O2. The Labute approximate surface area is 93.0 Å². The maximum atomic E-state index is 11.0. The van der Waals surface area contributed by atoms with Crippen LogP contribution in [0.15, 0.2) is 29.3 Å². The van der Waals surface area contributed by atoms with Crippen LogP contribution in [0.1, 0.15) is 12.0 Å². The van der Waals surface area contributed by atoms with Crippen LogP contribution in [-0.2, 0) is 10.5 Å². The Morgan fingerprint density at radius 2 is 2.25 bits per heavy atom. The topological polar surface area (TPSA) is 87.7 Å². The maximum absolute atomic E-state index is 11.0. The second-order valence-corrected chi connectivity index (χ2v) is 3.78. The molecular weight excluding hydrogens is 206 g/mol. The predicted molar refractivity (Wildman–Crippen MR) is 60.7 cm³/mol. The highest BCUT2D eigenvalue weighted by Gasteiger charge is 2.35. The third kappa shape index (κ3) is 1.60. The number of carboxylic acids is 1. The molecule has 0 aliphatic carbocycles. The zero-order valence-electron chi connectivity index (χ0n) is 8.90. The minimum atomic E-state index is -1.03. The maximum Gasteiger partial charge on any atom is 0.350 e. The van der Waals surface area contributed by atoms with E-state index in [9.17, 15) is 4.79 Å². The number of nitrogens with zero attached hydrogens (tertiary/aromatic N) is 1. The summed E-state index contributed by atoms with van der Waals surface area (Å²) >= 11 is 0. The summed E-state index contributed by atoms with van der Waals surface area (Å²) in [4.78, 5) is 15.0. The second kappa shape index (κ2) is 3.70. The van der Waals surface area contributed by atoms with Crippen molar-refractivity contribution in [2.75, 3.05) is 7.05 Å². The number of carbonyl (C=O) groups is 1. The number of aliphatic carboxylic acids is 1. The molecule has 1 aromatic rings. The van der Waals surface area contributed by atoms with E-state index in [-0.39, 0.29) is 12.1 Å². The van der Waals surface area contributed by atoms with Gasteiger partial charge in [-0.2, -0.15) is 0 Å². The monoisotopic (exact) mass is 219 g/mol. The Balaban J connectivity index is 2.58. The first-order valence-electron chi connectivity index (χ1n) is 4.95. The van der Waals surface area contributed by atoms with Crippen molar-refractivity contribution in [2.45, 2.75) is 12.1 Å². The minimum Gasteiger partial charge on any atom is -0.477 e. The summed E-state index contributed by atoms with van der Waals surface area (Å²) in [5.41, 5.74) is 6.80. The van der Waals surface area contributed by atoms with Crippen molar-refractivity contribution in [3.05, 3.63) is 29.8 Å². The molecule has 1 aliphatic heterocycles. The molecule has 0 bridgehead atoms. The molecule has 0 saturated heterocycles. The number of hydrogen-bond donors (Lipinski definition) is 3. The standard InChI is InChI=1S/C11H13N3O2/c1-13-11(12)6-9(10(15)16)14-8-5-3-2-4-7(8)11/h2-5,13H,6,12H2,1H3,(H,15,16). The number of aliphatic imine (C=N–C) groups is 1. The van der Waals surface area contributed by atoms with Crippen molar-refractivity contribution < 1.29 is 9.90 Å². The number of para-hydroxylation sites is 1. The summed E-state index contributed by atoms with van der Waals surface area (Å²) in [6.07, 6.45) is 0.176. The van der Waals surface area contributed by atoms with Crippen molar-refractivity contribution >= 4 is 17.4 Å². The quantitative estimate of drug-likeness (QED) is 0.635. The molecule has 1 aliphatic rings. The molecule has 16 heavy (non-hydrogen) atoms. The number of carboxylic acid groups (broad SMARTS) is 1. The highest BCUT2D eigenvalue weighted by molar-refractivity contribution is 6.36. The lowest BCUT2D eigenvalue weighted by molar-refractivity contribution is -0.129. The summed E-state index contributed by atoms with van der Waals surface area (Å²) in [6.45, 7) is 0. The van der Waals surface area contributed by atoms with E-state index in [1.54, 1.807) is 13.1 Å². The van der Waals surface area contributed by atoms with Gasteiger partial charge < -0.3 is 10.8 Å². The lowest BCUT2D eigenvalue weighted by Gasteiger charge is -2.33. The lowest BCUT2D eigenvalue weighted by atomic mass is 9.90. The number of hydrogen-bond acceptors (Lipinski definition) is 4. The number of nitrogens with one attached hydrogen (secondary N) is 1. The highest BCUT2D eigenvalue weighted by Crippen LogP contribution is 2.33. The van der Waals surface area contributed by atoms with Crippen LogP contribution in [0.3, 0.4) is 0 Å². The smallest absolute Gasteiger partial charge is 0.350 e. The zero-order chi connectivity index (χ0) is 11.8. The van der Waals surface area contributed by atoms with Crippen LogP contribution in [0, 0.1) is 0 Å². The van der Waals surface area contributed by atoms with E-state index < -0.39 is 11.6 Å². The molecule has 5 nitrogen and oxygen atoms in total. The first-order chi connectivity index (χ1) is 7.57. The number of benzene rings is 1. The van der Waals surface area contributed by atoms with Gasteiger partial charge in [0.15, 0.2) is 0 Å². The Kier molecular flexibility index (Phi) is 2.49. The largest absolute Gasteiger partial charge is 0.477 e.